The highest BCUT2D eigenvalue weighted by Gasteiger charge is 2.39. The quantitative estimate of drug-likeness (QED) is 0.856. The molecule has 1 aliphatic rings. The van der Waals surface area contributed by atoms with Crippen molar-refractivity contribution in [3.63, 3.8) is 0 Å². The summed E-state index contributed by atoms with van der Waals surface area (Å²) in [5.41, 5.74) is 0.964. The van der Waals surface area contributed by atoms with Gasteiger partial charge in [0.2, 0.25) is 5.91 Å². The van der Waals surface area contributed by atoms with Gasteiger partial charge < -0.3 is 19.9 Å². The maximum atomic E-state index is 12.0. The van der Waals surface area contributed by atoms with Gasteiger partial charge in [0.25, 0.3) is 0 Å². The van der Waals surface area contributed by atoms with Crippen LogP contribution < -0.4 is 10.1 Å². The van der Waals surface area contributed by atoms with Gasteiger partial charge in [-0.1, -0.05) is 12.1 Å². The lowest BCUT2D eigenvalue weighted by Crippen LogP contribution is -2.47. The molecule has 0 bridgehead atoms. The Morgan fingerprint density at radius 1 is 1.57 bits per heavy atom. The lowest BCUT2D eigenvalue weighted by Gasteiger charge is -2.26. The molecule has 1 amide bonds. The normalized spacial score (nSPS) is 24.9. The molecular formula is C16H23NO4. The Morgan fingerprint density at radius 3 is 2.95 bits per heavy atom. The first-order valence-electron chi connectivity index (χ1n) is 7.19. The van der Waals surface area contributed by atoms with Gasteiger partial charge in [-0.3, -0.25) is 4.79 Å². The standard InChI is InChI=1S/C16H23NO4/c1-11-4-5-13(8-14(11)20-3)9-15(18)17-10-16(19)6-7-21-12(16)2/h4-5,8,12,19H,6-7,9-10H2,1-3H3,(H,17,18). The van der Waals surface area contributed by atoms with E-state index in [2.05, 4.69) is 5.32 Å². The first kappa shape index (κ1) is 15.8. The van der Waals surface area contributed by atoms with Gasteiger partial charge >= 0.3 is 0 Å². The highest BCUT2D eigenvalue weighted by Crippen LogP contribution is 2.24. The van der Waals surface area contributed by atoms with E-state index >= 15 is 0 Å². The maximum Gasteiger partial charge on any atom is 0.224 e. The molecule has 2 rings (SSSR count). The van der Waals surface area contributed by atoms with Crippen molar-refractivity contribution < 1.29 is 19.4 Å². The molecule has 0 spiro atoms. The van der Waals surface area contributed by atoms with E-state index < -0.39 is 5.60 Å². The minimum atomic E-state index is -0.958. The van der Waals surface area contributed by atoms with E-state index in [9.17, 15) is 9.90 Å². The van der Waals surface area contributed by atoms with Gasteiger partial charge in [-0.05, 0) is 31.0 Å². The summed E-state index contributed by atoms with van der Waals surface area (Å²) < 4.78 is 10.6. The lowest BCUT2D eigenvalue weighted by atomic mass is 9.96. The minimum Gasteiger partial charge on any atom is -0.496 e. The summed E-state index contributed by atoms with van der Waals surface area (Å²) in [6, 6.07) is 5.71. The van der Waals surface area contributed by atoms with Crippen molar-refractivity contribution in [1.29, 1.82) is 0 Å². The predicted molar refractivity (Wildman–Crippen MR) is 79.4 cm³/mol. The van der Waals surface area contributed by atoms with Crippen molar-refractivity contribution in [2.45, 2.75) is 38.4 Å². The zero-order chi connectivity index (χ0) is 15.5. The lowest BCUT2D eigenvalue weighted by molar-refractivity contribution is -0.122. The Hall–Kier alpha value is -1.59. The number of carbonyl (C=O) groups is 1. The van der Waals surface area contributed by atoms with E-state index in [4.69, 9.17) is 9.47 Å². The van der Waals surface area contributed by atoms with Crippen LogP contribution in [0, 0.1) is 6.92 Å². The molecule has 1 aromatic carbocycles. The van der Waals surface area contributed by atoms with Crippen molar-refractivity contribution >= 4 is 5.91 Å². The molecule has 5 heteroatoms. The smallest absolute Gasteiger partial charge is 0.224 e. The number of methoxy groups -OCH3 is 1. The first-order chi connectivity index (χ1) is 9.94. The number of carbonyl (C=O) groups excluding carboxylic acids is 1. The molecule has 2 unspecified atom stereocenters. The molecule has 0 radical (unpaired) electrons. The summed E-state index contributed by atoms with van der Waals surface area (Å²) >= 11 is 0. The molecule has 5 nitrogen and oxygen atoms in total. The predicted octanol–water partition coefficient (Wildman–Crippen LogP) is 1.20. The third-order valence-electron chi connectivity index (χ3n) is 4.09. The molecule has 1 heterocycles. The zero-order valence-corrected chi connectivity index (χ0v) is 12.8. The average Bonchev–Trinajstić information content (AvgIpc) is 2.79. The first-order valence-corrected chi connectivity index (χ1v) is 7.19. The van der Waals surface area contributed by atoms with Gasteiger partial charge in [-0.15, -0.1) is 0 Å². The van der Waals surface area contributed by atoms with Crippen LogP contribution in [-0.4, -0.2) is 43.0 Å². The van der Waals surface area contributed by atoms with Crippen molar-refractivity contribution in [3.8, 4) is 5.75 Å². The molecule has 0 saturated carbocycles. The Kier molecular flexibility index (Phi) is 4.85. The largest absolute Gasteiger partial charge is 0.496 e. The third kappa shape index (κ3) is 3.74. The molecule has 0 aromatic heterocycles. The maximum absolute atomic E-state index is 12.0. The van der Waals surface area contributed by atoms with Crippen LogP contribution in [0.15, 0.2) is 18.2 Å². The number of hydrogen-bond acceptors (Lipinski definition) is 4. The minimum absolute atomic E-state index is 0.117. The van der Waals surface area contributed by atoms with E-state index in [1.807, 2.05) is 32.0 Å². The van der Waals surface area contributed by atoms with Gasteiger partial charge in [0.05, 0.1) is 19.6 Å². The second-order valence-corrected chi connectivity index (χ2v) is 5.62. The Balaban J connectivity index is 1.90. The summed E-state index contributed by atoms with van der Waals surface area (Å²) in [4.78, 5) is 12.0. The molecule has 21 heavy (non-hydrogen) atoms. The molecule has 2 atom stereocenters. The van der Waals surface area contributed by atoms with Crippen molar-refractivity contribution in [1.82, 2.24) is 5.32 Å². The number of nitrogens with one attached hydrogen (secondary N) is 1. The van der Waals surface area contributed by atoms with Crippen molar-refractivity contribution in [3.05, 3.63) is 29.3 Å². The summed E-state index contributed by atoms with van der Waals surface area (Å²) in [5, 5.41) is 13.1. The van der Waals surface area contributed by atoms with E-state index in [0.717, 1.165) is 16.9 Å². The van der Waals surface area contributed by atoms with Gasteiger partial charge in [0.15, 0.2) is 0 Å². The van der Waals surface area contributed by atoms with E-state index in [-0.39, 0.29) is 25.0 Å². The number of hydrogen-bond donors (Lipinski definition) is 2. The number of benzene rings is 1. The third-order valence-corrected chi connectivity index (χ3v) is 4.09. The van der Waals surface area contributed by atoms with Crippen LogP contribution in [0.25, 0.3) is 0 Å². The fraction of sp³-hybridized carbons (Fsp3) is 0.562. The average molecular weight is 293 g/mol. The van der Waals surface area contributed by atoms with Crippen LogP contribution >= 0.6 is 0 Å². The topological polar surface area (TPSA) is 67.8 Å². The molecule has 0 aliphatic carbocycles. The number of aryl methyl sites for hydroxylation is 1. The van der Waals surface area contributed by atoms with Gasteiger partial charge in [-0.25, -0.2) is 0 Å². The molecule has 1 saturated heterocycles. The van der Waals surface area contributed by atoms with E-state index in [1.165, 1.54) is 0 Å². The fourth-order valence-electron chi connectivity index (χ4n) is 2.48. The summed E-state index contributed by atoms with van der Waals surface area (Å²) in [6.45, 7) is 4.53. The fourth-order valence-corrected chi connectivity index (χ4v) is 2.48. The van der Waals surface area contributed by atoms with Crippen molar-refractivity contribution in [2.75, 3.05) is 20.3 Å². The molecule has 1 aromatic rings. The Bertz CT molecular complexity index is 517. The van der Waals surface area contributed by atoms with Crippen molar-refractivity contribution in [2.24, 2.45) is 0 Å². The van der Waals surface area contributed by atoms with Crippen LogP contribution in [0.5, 0.6) is 5.75 Å². The van der Waals surface area contributed by atoms with Gasteiger partial charge in [-0.2, -0.15) is 0 Å². The summed E-state index contributed by atoms with van der Waals surface area (Å²) in [7, 11) is 1.61. The number of amides is 1. The Labute approximate surface area is 125 Å². The summed E-state index contributed by atoms with van der Waals surface area (Å²) in [6.07, 6.45) is 0.562. The van der Waals surface area contributed by atoms with Crippen LogP contribution in [0.2, 0.25) is 0 Å². The zero-order valence-electron chi connectivity index (χ0n) is 12.8. The molecule has 1 fully saturated rings. The van der Waals surface area contributed by atoms with Crippen LogP contribution in [0.4, 0.5) is 0 Å². The highest BCUT2D eigenvalue weighted by atomic mass is 16.5. The highest BCUT2D eigenvalue weighted by molar-refractivity contribution is 5.78. The molecule has 116 valence electrons. The summed E-state index contributed by atoms with van der Waals surface area (Å²) in [5.74, 6) is 0.658. The monoisotopic (exact) mass is 293 g/mol. The number of aliphatic hydroxyl groups is 1. The van der Waals surface area contributed by atoms with Gasteiger partial charge in [0.1, 0.15) is 11.4 Å². The van der Waals surface area contributed by atoms with E-state index in [1.54, 1.807) is 7.11 Å². The van der Waals surface area contributed by atoms with Gasteiger partial charge in [0, 0.05) is 19.6 Å². The molecular weight excluding hydrogens is 270 g/mol. The van der Waals surface area contributed by atoms with Crippen LogP contribution in [0.3, 0.4) is 0 Å². The second kappa shape index (κ2) is 6.45. The van der Waals surface area contributed by atoms with Crippen LogP contribution in [-0.2, 0) is 16.0 Å². The van der Waals surface area contributed by atoms with Crippen LogP contribution in [0.1, 0.15) is 24.5 Å². The molecule has 1 aliphatic heterocycles. The van der Waals surface area contributed by atoms with E-state index in [0.29, 0.717) is 13.0 Å². The Morgan fingerprint density at radius 2 is 2.33 bits per heavy atom. The molecule has 2 N–H and O–H groups in total. The second-order valence-electron chi connectivity index (χ2n) is 5.62. The SMILES string of the molecule is COc1cc(CC(=O)NCC2(O)CCOC2C)ccc1C. The number of rotatable bonds is 5. The number of ether oxygens (including phenoxy) is 2.